The number of methoxy groups -OCH3 is 3. The van der Waals surface area contributed by atoms with Gasteiger partial charge in [0, 0.05) is 18.7 Å². The van der Waals surface area contributed by atoms with E-state index in [1.165, 1.54) is 21.3 Å². The summed E-state index contributed by atoms with van der Waals surface area (Å²) in [6.45, 7) is -0.135. The number of carbonyl (C=O) groups excluding carboxylic acids is 1. The molecule has 2 N–H and O–H groups in total. The fraction of sp³-hybridized carbons (Fsp3) is 0.286. The molecule has 1 aliphatic rings. The van der Waals surface area contributed by atoms with Crippen molar-refractivity contribution in [1.29, 1.82) is 0 Å². The molecule has 0 radical (unpaired) electrons. The van der Waals surface area contributed by atoms with Gasteiger partial charge in [-0.15, -0.1) is 0 Å². The minimum Gasteiger partial charge on any atom is -0.508 e. The molecule has 7 nitrogen and oxygen atoms in total. The van der Waals surface area contributed by atoms with Crippen LogP contribution in [0.4, 0.5) is 5.69 Å². The average molecular weight is 385 g/mol. The third-order valence-electron chi connectivity index (χ3n) is 4.71. The molecule has 0 saturated carbocycles. The summed E-state index contributed by atoms with van der Waals surface area (Å²) in [5, 5.41) is 13.4. The predicted molar refractivity (Wildman–Crippen MR) is 105 cm³/mol. The lowest BCUT2D eigenvalue weighted by atomic mass is 9.84. The van der Waals surface area contributed by atoms with Gasteiger partial charge in [0.15, 0.2) is 11.5 Å². The highest BCUT2D eigenvalue weighted by atomic mass is 16.5. The maximum atomic E-state index is 12.4. The van der Waals surface area contributed by atoms with Crippen LogP contribution >= 0.6 is 0 Å². The zero-order valence-electron chi connectivity index (χ0n) is 16.2. The van der Waals surface area contributed by atoms with Crippen molar-refractivity contribution in [3.63, 3.8) is 0 Å². The quantitative estimate of drug-likeness (QED) is 0.708. The molecule has 0 fully saturated rings. The number of aliphatic hydroxyl groups excluding tert-OH is 1. The molecule has 7 heteroatoms. The van der Waals surface area contributed by atoms with E-state index in [9.17, 15) is 9.90 Å². The second kappa shape index (κ2) is 8.12. The van der Waals surface area contributed by atoms with Crippen LogP contribution < -0.4 is 19.5 Å². The molecule has 148 valence electrons. The highest BCUT2D eigenvalue weighted by molar-refractivity contribution is 5.94. The highest BCUT2D eigenvalue weighted by Crippen LogP contribution is 2.44. The van der Waals surface area contributed by atoms with Crippen LogP contribution in [0.3, 0.4) is 0 Å². The largest absolute Gasteiger partial charge is 0.508 e. The van der Waals surface area contributed by atoms with Crippen LogP contribution in [0.2, 0.25) is 0 Å². The standard InChI is InChI=1S/C21H23NO6/c1-22-14-7-5-12(6-8-14)18(19-15(23)11-28-21(19)24)13-9-16(25-2)20(27-4)17(10-13)26-3/h5-10,18,22-23H,11H2,1-4H3/t18-/m0/s1. The van der Waals surface area contributed by atoms with Crippen molar-refractivity contribution >= 4 is 11.7 Å². The second-order valence-electron chi connectivity index (χ2n) is 6.20. The zero-order valence-corrected chi connectivity index (χ0v) is 16.2. The third kappa shape index (κ3) is 3.43. The highest BCUT2D eigenvalue weighted by Gasteiger charge is 2.35. The Bertz CT molecular complexity index is 879. The molecule has 3 rings (SSSR count). The van der Waals surface area contributed by atoms with Crippen molar-refractivity contribution in [3.05, 3.63) is 58.9 Å². The molecule has 0 amide bonds. The summed E-state index contributed by atoms with van der Waals surface area (Å²) in [5.41, 5.74) is 2.65. The Labute approximate surface area is 163 Å². The number of cyclic esters (lactones) is 1. The molecule has 0 aliphatic carbocycles. The second-order valence-corrected chi connectivity index (χ2v) is 6.20. The number of ether oxygens (including phenoxy) is 4. The number of anilines is 1. The summed E-state index contributed by atoms with van der Waals surface area (Å²) in [6, 6.07) is 11.1. The molecule has 0 bridgehead atoms. The van der Waals surface area contributed by atoms with Crippen LogP contribution in [-0.2, 0) is 9.53 Å². The van der Waals surface area contributed by atoms with E-state index in [0.29, 0.717) is 22.8 Å². The molecule has 1 heterocycles. The Kier molecular flexibility index (Phi) is 5.63. The number of nitrogens with one attached hydrogen (secondary N) is 1. The van der Waals surface area contributed by atoms with Crippen molar-refractivity contribution in [1.82, 2.24) is 0 Å². The van der Waals surface area contributed by atoms with Crippen molar-refractivity contribution in [2.24, 2.45) is 0 Å². The Morgan fingerprint density at radius 3 is 2.04 bits per heavy atom. The van der Waals surface area contributed by atoms with Gasteiger partial charge in [-0.1, -0.05) is 12.1 Å². The number of esters is 1. The fourth-order valence-electron chi connectivity index (χ4n) is 3.33. The first-order valence-corrected chi connectivity index (χ1v) is 8.70. The molecule has 1 aliphatic heterocycles. The first-order valence-electron chi connectivity index (χ1n) is 8.70. The van der Waals surface area contributed by atoms with Crippen LogP contribution in [0.1, 0.15) is 17.0 Å². The average Bonchev–Trinajstić information content (AvgIpc) is 3.06. The lowest BCUT2D eigenvalue weighted by molar-refractivity contribution is -0.136. The van der Waals surface area contributed by atoms with Gasteiger partial charge >= 0.3 is 5.97 Å². The van der Waals surface area contributed by atoms with Crippen LogP contribution in [-0.4, -0.2) is 46.1 Å². The molecule has 2 aromatic carbocycles. The number of hydrogen-bond donors (Lipinski definition) is 2. The van der Waals surface area contributed by atoms with Gasteiger partial charge in [-0.05, 0) is 35.4 Å². The Morgan fingerprint density at radius 1 is 1.00 bits per heavy atom. The van der Waals surface area contributed by atoms with Gasteiger partial charge in [-0.25, -0.2) is 4.79 Å². The predicted octanol–water partition coefficient (Wildman–Crippen LogP) is 3.25. The third-order valence-corrected chi connectivity index (χ3v) is 4.71. The first kappa shape index (κ1) is 19.4. The lowest BCUT2D eigenvalue weighted by Crippen LogP contribution is -2.13. The van der Waals surface area contributed by atoms with Crippen LogP contribution in [0.15, 0.2) is 47.7 Å². The maximum Gasteiger partial charge on any atom is 0.338 e. The van der Waals surface area contributed by atoms with Crippen molar-refractivity contribution in [3.8, 4) is 17.2 Å². The summed E-state index contributed by atoms with van der Waals surface area (Å²) in [7, 11) is 6.40. The van der Waals surface area contributed by atoms with Gasteiger partial charge in [0.1, 0.15) is 12.4 Å². The summed E-state index contributed by atoms with van der Waals surface area (Å²) >= 11 is 0. The smallest absolute Gasteiger partial charge is 0.338 e. The number of aliphatic hydroxyl groups is 1. The summed E-state index contributed by atoms with van der Waals surface area (Å²) in [5.74, 6) is 0.176. The van der Waals surface area contributed by atoms with Crippen molar-refractivity contribution < 1.29 is 28.8 Å². The Balaban J connectivity index is 2.22. The molecular weight excluding hydrogens is 362 g/mol. The first-order chi connectivity index (χ1) is 13.5. The number of carbonyl (C=O) groups is 1. The molecule has 28 heavy (non-hydrogen) atoms. The van der Waals surface area contributed by atoms with Crippen LogP contribution in [0.25, 0.3) is 0 Å². The van der Waals surface area contributed by atoms with E-state index in [4.69, 9.17) is 18.9 Å². The van der Waals surface area contributed by atoms with Crippen molar-refractivity contribution in [2.45, 2.75) is 5.92 Å². The van der Waals surface area contributed by atoms with E-state index in [-0.39, 0.29) is 17.9 Å². The number of hydrogen-bond acceptors (Lipinski definition) is 7. The Morgan fingerprint density at radius 2 is 1.61 bits per heavy atom. The number of rotatable bonds is 7. The zero-order chi connectivity index (χ0) is 20.3. The molecule has 1 atom stereocenters. The topological polar surface area (TPSA) is 86.2 Å². The monoisotopic (exact) mass is 385 g/mol. The fourth-order valence-corrected chi connectivity index (χ4v) is 3.33. The van der Waals surface area contributed by atoms with Gasteiger partial charge in [0.05, 0.1) is 26.9 Å². The lowest BCUT2D eigenvalue weighted by Gasteiger charge is -2.21. The van der Waals surface area contributed by atoms with E-state index in [1.54, 1.807) is 12.1 Å². The normalized spacial score (nSPS) is 14.5. The van der Waals surface area contributed by atoms with E-state index in [1.807, 2.05) is 31.3 Å². The van der Waals surface area contributed by atoms with E-state index < -0.39 is 11.9 Å². The van der Waals surface area contributed by atoms with E-state index >= 15 is 0 Å². The molecular formula is C21H23NO6. The van der Waals surface area contributed by atoms with Crippen molar-refractivity contribution in [2.75, 3.05) is 40.3 Å². The minimum atomic E-state index is -0.561. The van der Waals surface area contributed by atoms with E-state index in [2.05, 4.69) is 5.32 Å². The summed E-state index contributed by atoms with van der Waals surface area (Å²) in [4.78, 5) is 12.4. The van der Waals surface area contributed by atoms with Crippen LogP contribution in [0.5, 0.6) is 17.2 Å². The van der Waals surface area contributed by atoms with Gasteiger partial charge in [-0.3, -0.25) is 0 Å². The van der Waals surface area contributed by atoms with Crippen LogP contribution in [0, 0.1) is 0 Å². The minimum absolute atomic E-state index is 0.0820. The summed E-state index contributed by atoms with van der Waals surface area (Å²) < 4.78 is 21.3. The molecule has 2 aromatic rings. The molecule has 0 saturated heterocycles. The van der Waals surface area contributed by atoms with Gasteiger partial charge < -0.3 is 29.4 Å². The molecule has 0 spiro atoms. The van der Waals surface area contributed by atoms with Gasteiger partial charge in [0.2, 0.25) is 5.75 Å². The number of benzene rings is 2. The van der Waals surface area contributed by atoms with E-state index in [0.717, 1.165) is 11.3 Å². The van der Waals surface area contributed by atoms with Gasteiger partial charge in [0.25, 0.3) is 0 Å². The Hall–Kier alpha value is -3.35. The summed E-state index contributed by atoms with van der Waals surface area (Å²) in [6.07, 6.45) is 0. The SMILES string of the molecule is CNc1ccc([C@H](C2=C(O)COC2=O)c2cc(OC)c(OC)c(OC)c2)cc1. The molecule has 0 aromatic heterocycles. The molecule has 0 unspecified atom stereocenters. The maximum absolute atomic E-state index is 12.4. The van der Waals surface area contributed by atoms with Gasteiger partial charge in [-0.2, -0.15) is 0 Å².